The number of nitriles is 1. The van der Waals surface area contributed by atoms with E-state index in [1.807, 2.05) is 24.3 Å². The molecule has 3 heterocycles. The van der Waals surface area contributed by atoms with E-state index >= 15 is 0 Å². The fourth-order valence-corrected chi connectivity index (χ4v) is 7.41. The number of fused-ring (bicyclic) bond motifs is 1. The van der Waals surface area contributed by atoms with Crippen LogP contribution in [-0.2, 0) is 16.7 Å². The lowest BCUT2D eigenvalue weighted by Crippen LogP contribution is -2.39. The zero-order chi connectivity index (χ0) is 36.0. The number of nitrogens with zero attached hydrogens (tertiary/aromatic N) is 6. The van der Waals surface area contributed by atoms with Crippen LogP contribution >= 0.6 is 0 Å². The summed E-state index contributed by atoms with van der Waals surface area (Å²) in [6.45, 7) is 5.80. The Morgan fingerprint density at radius 2 is 1.71 bits per heavy atom. The molecule has 2 aliphatic rings. The summed E-state index contributed by atoms with van der Waals surface area (Å²) < 4.78 is 52.9. The van der Waals surface area contributed by atoms with Crippen LogP contribution < -0.4 is 19.1 Å². The van der Waals surface area contributed by atoms with Gasteiger partial charge in [0.05, 0.1) is 45.0 Å². The Kier molecular flexibility index (Phi) is 11.2. The summed E-state index contributed by atoms with van der Waals surface area (Å²) in [6.07, 6.45) is 2.18. The fraction of sp³-hybridized carbons (Fsp3) is 0.447. The Bertz CT molecular complexity index is 1870. The summed E-state index contributed by atoms with van der Waals surface area (Å²) in [5.74, 6) is 0.0412. The molecule has 0 radical (unpaired) electrons. The smallest absolute Gasteiger partial charge is 0.254 e. The van der Waals surface area contributed by atoms with Gasteiger partial charge in [-0.1, -0.05) is 18.2 Å². The Morgan fingerprint density at radius 3 is 2.43 bits per heavy atom. The fourth-order valence-electron chi connectivity index (χ4n) is 7.41. The van der Waals surface area contributed by atoms with Crippen LogP contribution in [0.2, 0.25) is 0 Å². The topological polar surface area (TPSA) is 105 Å². The van der Waals surface area contributed by atoms with Crippen LogP contribution in [0, 0.1) is 23.0 Å². The first-order valence-corrected chi connectivity index (χ1v) is 17.2. The maximum Gasteiger partial charge on any atom is 0.254 e. The molecule has 0 spiro atoms. The third kappa shape index (κ3) is 7.57. The molecule has 51 heavy (non-hydrogen) atoms. The number of carbonyl (C=O) groups excluding carboxylic acids is 1. The molecule has 1 unspecified atom stereocenters. The van der Waals surface area contributed by atoms with Gasteiger partial charge in [-0.15, -0.1) is 0 Å². The van der Waals surface area contributed by atoms with Crippen molar-refractivity contribution in [2.75, 3.05) is 85.3 Å². The van der Waals surface area contributed by atoms with Crippen LogP contribution in [0.1, 0.15) is 35.2 Å². The molecule has 3 aromatic carbocycles. The second kappa shape index (κ2) is 16.0. The van der Waals surface area contributed by atoms with Gasteiger partial charge < -0.3 is 38.2 Å². The van der Waals surface area contributed by atoms with Gasteiger partial charge in [0.1, 0.15) is 6.61 Å². The van der Waals surface area contributed by atoms with Gasteiger partial charge in [-0.25, -0.2) is 13.8 Å². The lowest BCUT2D eigenvalue weighted by Gasteiger charge is -2.33. The number of imidazole rings is 1. The number of anilines is 1. The highest BCUT2D eigenvalue weighted by molar-refractivity contribution is 5.96. The van der Waals surface area contributed by atoms with Crippen LogP contribution in [0.3, 0.4) is 0 Å². The predicted octanol–water partition coefficient (Wildman–Crippen LogP) is 5.27. The summed E-state index contributed by atoms with van der Waals surface area (Å²) in [5.41, 5.74) is 2.43. The van der Waals surface area contributed by atoms with E-state index in [1.165, 1.54) is 33.5 Å². The minimum absolute atomic E-state index is 0.0452. The number of amides is 1. The minimum atomic E-state index is -0.896. The molecule has 2 fully saturated rings. The lowest BCUT2D eigenvalue weighted by atomic mass is 9.76. The van der Waals surface area contributed by atoms with E-state index in [-0.39, 0.29) is 12.5 Å². The Morgan fingerprint density at radius 1 is 0.922 bits per heavy atom. The molecule has 1 aromatic heterocycles. The Balaban J connectivity index is 1.19. The maximum atomic E-state index is 14.7. The standard InChI is InChI=1S/C38H44F2N6O5/c1-48-33-23-27(24-34(49-2)35(33)50-3)36(47)45-17-12-38(26-45,28-9-10-29(39)30(40)25-28)11-16-43-14-6-15-44(19-18-43)37-42-31-7-4-5-8-32(31)46(37)20-22-51-21-13-41/h4-5,7-10,23-25H,6,11-12,14-22,26H2,1-3H3. The van der Waals surface area contributed by atoms with E-state index in [9.17, 15) is 13.6 Å². The van der Waals surface area contributed by atoms with Crippen molar-refractivity contribution in [1.29, 1.82) is 5.26 Å². The molecular weight excluding hydrogens is 658 g/mol. The molecule has 1 amide bonds. The molecule has 4 aromatic rings. The molecule has 0 bridgehead atoms. The summed E-state index contributed by atoms with van der Waals surface area (Å²) in [6, 6.07) is 17.4. The monoisotopic (exact) mass is 702 g/mol. The van der Waals surface area contributed by atoms with Crippen LogP contribution in [0.25, 0.3) is 11.0 Å². The summed E-state index contributed by atoms with van der Waals surface area (Å²) >= 11 is 0. The third-order valence-corrected chi connectivity index (χ3v) is 10.1. The number of carbonyl (C=O) groups is 1. The number of likely N-dealkylation sites (tertiary alicyclic amines) is 1. The van der Waals surface area contributed by atoms with Crippen LogP contribution in [0.15, 0.2) is 54.6 Å². The zero-order valence-electron chi connectivity index (χ0n) is 29.4. The van der Waals surface area contributed by atoms with E-state index in [4.69, 9.17) is 29.2 Å². The van der Waals surface area contributed by atoms with Gasteiger partial charge in [-0.2, -0.15) is 5.26 Å². The molecule has 0 N–H and O–H groups in total. The molecule has 11 nitrogen and oxygen atoms in total. The highest BCUT2D eigenvalue weighted by atomic mass is 19.2. The van der Waals surface area contributed by atoms with Crippen molar-refractivity contribution in [2.45, 2.75) is 31.2 Å². The minimum Gasteiger partial charge on any atom is -0.493 e. The molecular formula is C38H44F2N6O5. The number of hydrogen-bond acceptors (Lipinski definition) is 9. The molecule has 13 heteroatoms. The quantitative estimate of drug-likeness (QED) is 0.173. The summed E-state index contributed by atoms with van der Waals surface area (Å²) in [7, 11) is 4.51. The number of ether oxygens (including phenoxy) is 4. The predicted molar refractivity (Wildman–Crippen MR) is 189 cm³/mol. The first kappa shape index (κ1) is 35.9. The first-order valence-electron chi connectivity index (χ1n) is 17.2. The van der Waals surface area contributed by atoms with Gasteiger partial charge in [0.2, 0.25) is 11.7 Å². The molecule has 6 rings (SSSR count). The van der Waals surface area contributed by atoms with Gasteiger partial charge in [0.25, 0.3) is 5.91 Å². The first-order chi connectivity index (χ1) is 24.8. The molecule has 2 saturated heterocycles. The van der Waals surface area contributed by atoms with E-state index in [2.05, 4.69) is 20.4 Å². The average Bonchev–Trinajstić information content (AvgIpc) is 3.67. The molecule has 1 atom stereocenters. The van der Waals surface area contributed by atoms with Gasteiger partial charge in [-0.3, -0.25) is 4.79 Å². The zero-order valence-corrected chi connectivity index (χ0v) is 29.4. The van der Waals surface area contributed by atoms with Crippen molar-refractivity contribution in [3.63, 3.8) is 0 Å². The van der Waals surface area contributed by atoms with Crippen LogP contribution in [0.4, 0.5) is 14.7 Å². The van der Waals surface area contributed by atoms with E-state index in [0.717, 1.165) is 56.1 Å². The van der Waals surface area contributed by atoms with Crippen molar-refractivity contribution >= 4 is 22.9 Å². The molecule has 2 aliphatic heterocycles. The number of para-hydroxylation sites is 2. The number of aromatic nitrogens is 2. The Labute approximate surface area is 296 Å². The Hall–Kier alpha value is -4.93. The van der Waals surface area contributed by atoms with Crippen molar-refractivity contribution in [3.8, 4) is 23.3 Å². The lowest BCUT2D eigenvalue weighted by molar-refractivity contribution is 0.0780. The SMILES string of the molecule is COc1cc(C(=O)N2CCC(CCN3CCCN(c4nc5ccccc5n4CCOCC#N)CC3)(c3ccc(F)c(F)c3)C2)cc(OC)c1OC. The number of hydrogen-bond donors (Lipinski definition) is 0. The summed E-state index contributed by atoms with van der Waals surface area (Å²) in [5, 5.41) is 8.89. The van der Waals surface area contributed by atoms with Gasteiger partial charge in [0.15, 0.2) is 23.1 Å². The number of benzene rings is 3. The van der Waals surface area contributed by atoms with Crippen molar-refractivity contribution < 1.29 is 32.5 Å². The number of rotatable bonds is 13. The third-order valence-electron chi connectivity index (χ3n) is 10.1. The second-order valence-corrected chi connectivity index (χ2v) is 13.0. The largest absolute Gasteiger partial charge is 0.493 e. The van der Waals surface area contributed by atoms with E-state index < -0.39 is 17.0 Å². The molecule has 0 aliphatic carbocycles. The van der Waals surface area contributed by atoms with Gasteiger partial charge >= 0.3 is 0 Å². The van der Waals surface area contributed by atoms with Gasteiger partial charge in [0, 0.05) is 50.2 Å². The van der Waals surface area contributed by atoms with Crippen LogP contribution in [0.5, 0.6) is 17.2 Å². The van der Waals surface area contributed by atoms with Crippen molar-refractivity contribution in [2.24, 2.45) is 0 Å². The second-order valence-electron chi connectivity index (χ2n) is 13.0. The maximum absolute atomic E-state index is 14.7. The van der Waals surface area contributed by atoms with Crippen molar-refractivity contribution in [1.82, 2.24) is 19.4 Å². The highest BCUT2D eigenvalue weighted by Crippen LogP contribution is 2.42. The van der Waals surface area contributed by atoms with Crippen LogP contribution in [-0.4, -0.2) is 106 Å². The van der Waals surface area contributed by atoms with E-state index in [0.29, 0.717) is 67.5 Å². The van der Waals surface area contributed by atoms with Gasteiger partial charge in [-0.05, 0) is 74.3 Å². The van der Waals surface area contributed by atoms with E-state index in [1.54, 1.807) is 23.1 Å². The molecule has 0 saturated carbocycles. The number of methoxy groups -OCH3 is 3. The average molecular weight is 703 g/mol. The molecule has 270 valence electrons. The summed E-state index contributed by atoms with van der Waals surface area (Å²) in [4.78, 5) is 25.4. The normalized spacial score (nSPS) is 18.1. The highest BCUT2D eigenvalue weighted by Gasteiger charge is 2.42. The number of halogens is 2. The van der Waals surface area contributed by atoms with Crippen molar-refractivity contribution in [3.05, 3.63) is 77.4 Å².